The number of fused-ring (bicyclic) bond motifs is 13. The molecule has 11 aromatic carbocycles. The van der Waals surface area contributed by atoms with E-state index < -0.39 is 0 Å². The second kappa shape index (κ2) is 15.4. The minimum Gasteiger partial charge on any atom is -0.309 e. The maximum absolute atomic E-state index is 12.2. The molecule has 0 radical (unpaired) electrons. The molecule has 0 aliphatic carbocycles. The first-order chi connectivity index (χ1) is 36.1. The van der Waals surface area contributed by atoms with Crippen molar-refractivity contribution >= 4 is 98.0 Å². The van der Waals surface area contributed by atoms with Gasteiger partial charge in [-0.05, 0) is 90.0 Å². The Balaban J connectivity index is 1.14. The van der Waals surface area contributed by atoms with Crippen LogP contribution in [0.25, 0.3) is 132 Å². The SMILES string of the molecule is Cc1ccc(-c2c(-n3c4ccccc4c4ccccc43)c(C#N)c(-n3c4ccccc4c4cc(-n5c6ccccc6c6cc7ccccc7cc65)ccc43)c(C#N)c2-n2c3ccccc3c3ccccc32)cc1. The van der Waals surface area contributed by atoms with Gasteiger partial charge in [-0.15, -0.1) is 0 Å². The Bertz CT molecular complexity index is 4690. The van der Waals surface area contributed by atoms with Gasteiger partial charge in [0, 0.05) is 54.3 Å². The molecule has 0 bridgehead atoms. The number of rotatable bonds is 5. The van der Waals surface area contributed by atoms with Crippen molar-refractivity contribution in [3.8, 4) is 46.0 Å². The summed E-state index contributed by atoms with van der Waals surface area (Å²) >= 11 is 0. The van der Waals surface area contributed by atoms with E-state index in [1.807, 2.05) is 0 Å². The lowest BCUT2D eigenvalue weighted by atomic mass is 9.91. The number of hydrogen-bond acceptors (Lipinski definition) is 2. The zero-order chi connectivity index (χ0) is 48.5. The van der Waals surface area contributed by atoms with Crippen LogP contribution in [0.15, 0.2) is 224 Å². The molecule has 0 saturated carbocycles. The first kappa shape index (κ1) is 40.7. The van der Waals surface area contributed by atoms with Crippen molar-refractivity contribution in [1.82, 2.24) is 18.3 Å². The van der Waals surface area contributed by atoms with Gasteiger partial charge < -0.3 is 18.3 Å². The van der Waals surface area contributed by atoms with Gasteiger partial charge in [0.2, 0.25) is 0 Å². The van der Waals surface area contributed by atoms with Crippen LogP contribution >= 0.6 is 0 Å². The lowest BCUT2D eigenvalue weighted by Crippen LogP contribution is -2.14. The molecule has 15 rings (SSSR count). The van der Waals surface area contributed by atoms with E-state index in [2.05, 4.69) is 262 Å². The molecule has 0 aliphatic heterocycles. The molecule has 0 saturated heterocycles. The van der Waals surface area contributed by atoms with Gasteiger partial charge in [-0.1, -0.05) is 163 Å². The van der Waals surface area contributed by atoms with Crippen LogP contribution in [-0.4, -0.2) is 18.3 Å². The van der Waals surface area contributed by atoms with E-state index in [0.29, 0.717) is 28.2 Å². The molecular formula is C67H40N6. The molecule has 338 valence electrons. The average molecular weight is 929 g/mol. The van der Waals surface area contributed by atoms with Gasteiger partial charge in [0.25, 0.3) is 0 Å². The largest absolute Gasteiger partial charge is 0.309 e. The fraction of sp³-hybridized carbons (Fsp3) is 0.0149. The molecule has 0 spiro atoms. The summed E-state index contributed by atoms with van der Waals surface area (Å²) in [5, 5.41) is 35.5. The predicted molar refractivity (Wildman–Crippen MR) is 301 cm³/mol. The van der Waals surface area contributed by atoms with Gasteiger partial charge in [-0.3, -0.25) is 0 Å². The van der Waals surface area contributed by atoms with Crippen molar-refractivity contribution in [2.45, 2.75) is 6.92 Å². The van der Waals surface area contributed by atoms with Gasteiger partial charge in [0.15, 0.2) is 0 Å². The molecule has 6 nitrogen and oxygen atoms in total. The average Bonchev–Trinajstić information content (AvgIpc) is 4.20. The first-order valence-electron chi connectivity index (χ1n) is 24.6. The van der Waals surface area contributed by atoms with E-state index in [1.54, 1.807) is 0 Å². The van der Waals surface area contributed by atoms with Crippen LogP contribution in [0.4, 0.5) is 0 Å². The molecule has 73 heavy (non-hydrogen) atoms. The van der Waals surface area contributed by atoms with E-state index in [0.717, 1.165) is 98.8 Å². The summed E-state index contributed by atoms with van der Waals surface area (Å²) in [5.74, 6) is 0. The summed E-state index contributed by atoms with van der Waals surface area (Å²) in [4.78, 5) is 0. The summed E-state index contributed by atoms with van der Waals surface area (Å²) in [6, 6.07) is 84.9. The van der Waals surface area contributed by atoms with E-state index in [-0.39, 0.29) is 0 Å². The van der Waals surface area contributed by atoms with Crippen molar-refractivity contribution < 1.29 is 0 Å². The maximum atomic E-state index is 12.2. The number of nitriles is 2. The zero-order valence-corrected chi connectivity index (χ0v) is 39.5. The van der Waals surface area contributed by atoms with Gasteiger partial charge in [0.05, 0.1) is 61.2 Å². The molecule has 0 fully saturated rings. The Hall–Kier alpha value is -10.1. The Morgan fingerprint density at radius 3 is 1.11 bits per heavy atom. The van der Waals surface area contributed by atoms with Crippen LogP contribution in [0.1, 0.15) is 16.7 Å². The summed E-state index contributed by atoms with van der Waals surface area (Å²) in [6.45, 7) is 2.09. The van der Waals surface area contributed by atoms with Crippen LogP contribution in [0, 0.1) is 29.6 Å². The van der Waals surface area contributed by atoms with Crippen LogP contribution < -0.4 is 0 Å². The van der Waals surface area contributed by atoms with E-state index >= 15 is 0 Å². The zero-order valence-electron chi connectivity index (χ0n) is 39.5. The van der Waals surface area contributed by atoms with Gasteiger partial charge in [0.1, 0.15) is 23.3 Å². The molecule has 4 aromatic heterocycles. The fourth-order valence-corrected chi connectivity index (χ4v) is 12.2. The third-order valence-electron chi connectivity index (χ3n) is 15.3. The van der Waals surface area contributed by atoms with Crippen molar-refractivity contribution in [3.05, 3.63) is 241 Å². The molecule has 6 heteroatoms. The lowest BCUT2D eigenvalue weighted by molar-refractivity contribution is 1.08. The Morgan fingerprint density at radius 1 is 0.301 bits per heavy atom. The second-order valence-electron chi connectivity index (χ2n) is 19.1. The number of aromatic nitrogens is 4. The van der Waals surface area contributed by atoms with Crippen molar-refractivity contribution in [2.24, 2.45) is 0 Å². The van der Waals surface area contributed by atoms with Crippen LogP contribution in [0.3, 0.4) is 0 Å². The molecule has 0 atom stereocenters. The molecule has 4 heterocycles. The van der Waals surface area contributed by atoms with Crippen molar-refractivity contribution in [3.63, 3.8) is 0 Å². The Morgan fingerprint density at radius 2 is 0.658 bits per heavy atom. The highest BCUT2D eigenvalue weighted by Crippen LogP contribution is 2.49. The lowest BCUT2D eigenvalue weighted by Gasteiger charge is -2.26. The number of hydrogen-bond donors (Lipinski definition) is 0. The van der Waals surface area contributed by atoms with Gasteiger partial charge >= 0.3 is 0 Å². The minimum atomic E-state index is 0.393. The standard InChI is InChI=1S/C67H40N6/c1-41-30-32-42(33-31-41)64-66(72-57-25-11-4-18-46(57)47-19-5-12-26-58(47)72)54(39-68)65(55(40-69)67(64)73-59-27-13-6-20-48(59)49-21-7-14-28-60(49)73)71-61-29-15-9-23-51(61)53-38-45(34-35-62(53)71)70-56-24-10-8-22-50(56)52-36-43-16-2-3-17-44(43)37-63(52)70/h2-38H,1H3. The van der Waals surface area contributed by atoms with E-state index in [1.165, 1.54) is 21.5 Å². The van der Waals surface area contributed by atoms with Crippen LogP contribution in [-0.2, 0) is 0 Å². The van der Waals surface area contributed by atoms with E-state index in [4.69, 9.17) is 0 Å². The summed E-state index contributed by atoms with van der Waals surface area (Å²) < 4.78 is 9.12. The number of para-hydroxylation sites is 6. The molecule has 0 unspecified atom stereocenters. The fourth-order valence-electron chi connectivity index (χ4n) is 12.2. The molecule has 0 aliphatic rings. The normalized spacial score (nSPS) is 11.9. The maximum Gasteiger partial charge on any atom is 0.104 e. The first-order valence-corrected chi connectivity index (χ1v) is 24.6. The Labute approximate surface area is 418 Å². The molecular weight excluding hydrogens is 889 g/mol. The Kier molecular flexibility index (Phi) is 8.61. The summed E-state index contributed by atoms with van der Waals surface area (Å²) in [7, 11) is 0. The van der Waals surface area contributed by atoms with Crippen LogP contribution in [0.2, 0.25) is 0 Å². The quantitative estimate of drug-likeness (QED) is 0.173. The number of aryl methyl sites for hydroxylation is 1. The number of nitrogens with zero attached hydrogens (tertiary/aromatic N) is 6. The predicted octanol–water partition coefficient (Wildman–Crippen LogP) is 16.9. The third kappa shape index (κ3) is 5.66. The second-order valence-corrected chi connectivity index (χ2v) is 19.1. The van der Waals surface area contributed by atoms with Gasteiger partial charge in [-0.2, -0.15) is 10.5 Å². The van der Waals surface area contributed by atoms with Crippen molar-refractivity contribution in [2.75, 3.05) is 0 Å². The highest BCUT2D eigenvalue weighted by Gasteiger charge is 2.33. The highest BCUT2D eigenvalue weighted by molar-refractivity contribution is 6.17. The van der Waals surface area contributed by atoms with Crippen LogP contribution in [0.5, 0.6) is 0 Å². The highest BCUT2D eigenvalue weighted by atomic mass is 15.1. The molecule has 0 N–H and O–H groups in total. The smallest absolute Gasteiger partial charge is 0.104 e. The number of benzene rings is 11. The minimum absolute atomic E-state index is 0.393. The monoisotopic (exact) mass is 928 g/mol. The topological polar surface area (TPSA) is 67.3 Å². The molecule has 0 amide bonds. The van der Waals surface area contributed by atoms with E-state index in [9.17, 15) is 10.5 Å². The van der Waals surface area contributed by atoms with Gasteiger partial charge in [-0.25, -0.2) is 0 Å². The van der Waals surface area contributed by atoms with Crippen molar-refractivity contribution in [1.29, 1.82) is 10.5 Å². The molecule has 15 aromatic rings. The third-order valence-corrected chi connectivity index (χ3v) is 15.3. The summed E-state index contributed by atoms with van der Waals surface area (Å²) in [5.41, 5.74) is 14.4. The summed E-state index contributed by atoms with van der Waals surface area (Å²) in [6.07, 6.45) is 0.